The van der Waals surface area contributed by atoms with Crippen molar-refractivity contribution in [3.05, 3.63) is 77.7 Å². The first-order chi connectivity index (χ1) is 18.7. The van der Waals surface area contributed by atoms with Crippen molar-refractivity contribution in [2.45, 2.75) is 11.1 Å². The maximum absolute atomic E-state index is 13.2. The number of aromatic hydroxyl groups is 2. The number of methoxy groups -OCH3 is 1. The fourth-order valence-corrected chi connectivity index (χ4v) is 6.28. The number of benzene rings is 3. The molecular formula is C27H27N3O6S3. The molecule has 204 valence electrons. The van der Waals surface area contributed by atoms with Gasteiger partial charge < -0.3 is 30.3 Å². The normalized spacial score (nSPS) is 11.1. The van der Waals surface area contributed by atoms with E-state index in [1.807, 2.05) is 25.1 Å². The third-order valence-electron chi connectivity index (χ3n) is 5.53. The van der Waals surface area contributed by atoms with Gasteiger partial charge in [-0.1, -0.05) is 12.1 Å². The number of phenols is 2. The Hall–Kier alpha value is -3.84. The Morgan fingerprint density at radius 2 is 1.67 bits per heavy atom. The lowest BCUT2D eigenvalue weighted by Crippen LogP contribution is -2.36. The van der Waals surface area contributed by atoms with Crippen molar-refractivity contribution in [2.75, 3.05) is 25.5 Å². The lowest BCUT2D eigenvalue weighted by Gasteiger charge is -2.14. The highest BCUT2D eigenvalue weighted by Crippen LogP contribution is 2.40. The fourth-order valence-electron chi connectivity index (χ4n) is 3.61. The van der Waals surface area contributed by atoms with E-state index in [-0.39, 0.29) is 28.8 Å². The first-order valence-electron chi connectivity index (χ1n) is 11.7. The summed E-state index contributed by atoms with van der Waals surface area (Å²) in [5.41, 5.74) is 2.73. The summed E-state index contributed by atoms with van der Waals surface area (Å²) < 4.78 is 40.3. The Kier molecular flexibility index (Phi) is 8.92. The van der Waals surface area contributed by atoms with Crippen LogP contribution in [0.3, 0.4) is 0 Å². The molecule has 1 aromatic heterocycles. The lowest BCUT2D eigenvalue weighted by molar-refractivity contribution is 0.398. The maximum Gasteiger partial charge on any atom is 0.250 e. The molecule has 0 aliphatic carbocycles. The van der Waals surface area contributed by atoms with Crippen molar-refractivity contribution < 1.29 is 28.1 Å². The van der Waals surface area contributed by atoms with Crippen molar-refractivity contribution in [1.29, 1.82) is 0 Å². The number of rotatable bonds is 10. The van der Waals surface area contributed by atoms with Gasteiger partial charge in [0.1, 0.15) is 21.5 Å². The molecule has 0 saturated carbocycles. The second-order valence-corrected chi connectivity index (χ2v) is 11.7. The van der Waals surface area contributed by atoms with E-state index >= 15 is 0 Å². The topological polar surface area (TPSA) is 129 Å². The number of hydrogen-bond acceptors (Lipinski definition) is 8. The van der Waals surface area contributed by atoms with Crippen LogP contribution in [0, 0.1) is 6.92 Å². The van der Waals surface area contributed by atoms with Crippen LogP contribution >= 0.6 is 23.6 Å². The second-order valence-electron chi connectivity index (χ2n) is 8.38. The van der Waals surface area contributed by atoms with Crippen LogP contribution < -0.4 is 24.8 Å². The minimum atomic E-state index is -3.85. The second kappa shape index (κ2) is 12.3. The molecule has 0 amide bonds. The molecule has 3 aromatic carbocycles. The molecule has 0 atom stereocenters. The van der Waals surface area contributed by atoms with Gasteiger partial charge in [0.2, 0.25) is 0 Å². The first kappa shape index (κ1) is 28.2. The molecule has 0 fully saturated rings. The van der Waals surface area contributed by atoms with Crippen molar-refractivity contribution >= 4 is 44.4 Å². The van der Waals surface area contributed by atoms with Crippen LogP contribution in [-0.2, 0) is 10.0 Å². The van der Waals surface area contributed by atoms with Gasteiger partial charge in [-0.25, -0.2) is 13.1 Å². The third-order valence-corrected chi connectivity index (χ3v) is 8.72. The van der Waals surface area contributed by atoms with Crippen molar-refractivity contribution in [3.8, 4) is 39.9 Å². The van der Waals surface area contributed by atoms with Crippen LogP contribution in [0.25, 0.3) is 11.1 Å². The Bertz CT molecular complexity index is 1570. The molecular weight excluding hydrogens is 559 g/mol. The maximum atomic E-state index is 13.2. The largest absolute Gasteiger partial charge is 0.504 e. The van der Waals surface area contributed by atoms with Crippen LogP contribution in [0.4, 0.5) is 5.69 Å². The van der Waals surface area contributed by atoms with Crippen LogP contribution in [0.2, 0.25) is 0 Å². The molecule has 0 aliphatic heterocycles. The number of hydrogen-bond donors (Lipinski definition) is 5. The Morgan fingerprint density at radius 3 is 2.38 bits per heavy atom. The highest BCUT2D eigenvalue weighted by molar-refractivity contribution is 7.91. The Balaban J connectivity index is 1.43. The van der Waals surface area contributed by atoms with Gasteiger partial charge in [-0.05, 0) is 78.6 Å². The molecule has 1 heterocycles. The predicted molar refractivity (Wildman–Crippen MR) is 157 cm³/mol. The average molecular weight is 586 g/mol. The summed E-state index contributed by atoms with van der Waals surface area (Å²) in [6.07, 6.45) is 0. The van der Waals surface area contributed by atoms with Crippen LogP contribution in [0.15, 0.2) is 76.3 Å². The quantitative estimate of drug-likeness (QED) is 0.0969. The van der Waals surface area contributed by atoms with E-state index in [1.54, 1.807) is 42.8 Å². The van der Waals surface area contributed by atoms with Gasteiger partial charge in [-0.15, -0.1) is 11.3 Å². The van der Waals surface area contributed by atoms with E-state index in [1.165, 1.54) is 18.2 Å². The number of ether oxygens (including phenoxy) is 2. The van der Waals surface area contributed by atoms with Gasteiger partial charge in [0.25, 0.3) is 10.0 Å². The van der Waals surface area contributed by atoms with Gasteiger partial charge in [0, 0.05) is 36.0 Å². The molecule has 12 heteroatoms. The number of sulfonamides is 1. The lowest BCUT2D eigenvalue weighted by atomic mass is 10.1. The summed E-state index contributed by atoms with van der Waals surface area (Å²) in [4.78, 5) is 0. The summed E-state index contributed by atoms with van der Waals surface area (Å²) in [5.74, 6) is 0.838. The van der Waals surface area contributed by atoms with Gasteiger partial charge >= 0.3 is 0 Å². The first-order valence-corrected chi connectivity index (χ1v) is 14.5. The van der Waals surface area contributed by atoms with Crippen LogP contribution in [0.5, 0.6) is 28.7 Å². The average Bonchev–Trinajstić information content (AvgIpc) is 3.40. The fraction of sp³-hybridized carbons (Fsp3) is 0.148. The molecule has 4 aromatic rings. The number of anilines is 1. The van der Waals surface area contributed by atoms with E-state index in [0.717, 1.165) is 28.3 Å². The van der Waals surface area contributed by atoms with E-state index < -0.39 is 10.0 Å². The zero-order chi connectivity index (χ0) is 28.0. The summed E-state index contributed by atoms with van der Waals surface area (Å²) in [6, 6.07) is 18.5. The Labute approximate surface area is 236 Å². The standard InChI is InChI=1S/C27H27N3O6S3/c1-17-3-9-21(25(15-17)36-20-8-10-23(31)24(32)16-20)22-11-14-38-26(22)39(33,34)29-13-12-28-27(37)30-18-4-6-19(35-2)7-5-18/h3-11,14-16,29,31-32H,12-13H2,1-2H3,(H2,28,30,37). The molecule has 39 heavy (non-hydrogen) atoms. The minimum absolute atomic E-state index is 0.105. The molecule has 0 unspecified atom stereocenters. The molecule has 0 radical (unpaired) electrons. The van der Waals surface area contributed by atoms with Crippen molar-refractivity contribution in [2.24, 2.45) is 0 Å². The number of nitrogens with one attached hydrogen (secondary N) is 3. The van der Waals surface area contributed by atoms with Gasteiger partial charge in [0.15, 0.2) is 16.6 Å². The number of thiophene rings is 1. The zero-order valence-electron chi connectivity index (χ0n) is 21.1. The van der Waals surface area contributed by atoms with E-state index in [0.29, 0.717) is 27.7 Å². The summed E-state index contributed by atoms with van der Waals surface area (Å²) in [5, 5.41) is 27.5. The number of phenolic OH excluding ortho intramolecular Hbond substituents is 2. The molecule has 4 rings (SSSR count). The van der Waals surface area contributed by atoms with Crippen LogP contribution in [-0.4, -0.2) is 43.9 Å². The molecule has 0 saturated heterocycles. The molecule has 0 bridgehead atoms. The predicted octanol–water partition coefficient (Wildman–Crippen LogP) is 5.20. The monoisotopic (exact) mass is 585 g/mol. The van der Waals surface area contributed by atoms with Crippen molar-refractivity contribution in [1.82, 2.24) is 10.0 Å². The van der Waals surface area contributed by atoms with Gasteiger partial charge in [-0.2, -0.15) is 0 Å². The minimum Gasteiger partial charge on any atom is -0.504 e. The molecule has 5 N–H and O–H groups in total. The molecule has 9 nitrogen and oxygen atoms in total. The highest BCUT2D eigenvalue weighted by Gasteiger charge is 2.23. The van der Waals surface area contributed by atoms with E-state index in [9.17, 15) is 18.6 Å². The summed E-state index contributed by atoms with van der Waals surface area (Å²) in [6.45, 7) is 2.26. The molecule has 0 aliphatic rings. The summed E-state index contributed by atoms with van der Waals surface area (Å²) >= 11 is 6.39. The number of thiocarbonyl (C=S) groups is 1. The highest BCUT2D eigenvalue weighted by atomic mass is 32.2. The smallest absolute Gasteiger partial charge is 0.250 e. The third kappa shape index (κ3) is 7.18. The summed E-state index contributed by atoms with van der Waals surface area (Å²) in [7, 11) is -2.26. The zero-order valence-corrected chi connectivity index (χ0v) is 23.5. The van der Waals surface area contributed by atoms with Gasteiger partial charge in [-0.3, -0.25) is 0 Å². The SMILES string of the molecule is COc1ccc(NC(=S)NCCNS(=O)(=O)c2sccc2-c2ccc(C)cc2Oc2ccc(O)c(O)c2)cc1. The van der Waals surface area contributed by atoms with E-state index in [4.69, 9.17) is 21.7 Å². The van der Waals surface area contributed by atoms with Crippen molar-refractivity contribution in [3.63, 3.8) is 0 Å². The molecule has 0 spiro atoms. The number of aryl methyl sites for hydroxylation is 1. The Morgan fingerprint density at radius 1 is 0.923 bits per heavy atom. The van der Waals surface area contributed by atoms with E-state index in [2.05, 4.69) is 15.4 Å². The van der Waals surface area contributed by atoms with Gasteiger partial charge in [0.05, 0.1) is 7.11 Å². The van der Waals surface area contributed by atoms with Crippen LogP contribution in [0.1, 0.15) is 5.56 Å².